The molecule has 1 aliphatic rings. The van der Waals surface area contributed by atoms with Crippen molar-refractivity contribution in [2.45, 2.75) is 24.7 Å². The highest BCUT2D eigenvalue weighted by molar-refractivity contribution is 7.89. The van der Waals surface area contributed by atoms with Crippen molar-refractivity contribution in [1.29, 1.82) is 0 Å². The first-order valence-electron chi connectivity index (χ1n) is 7.03. The molecular weight excluding hydrogens is 294 g/mol. The molecule has 1 heterocycles. The number of aliphatic hydroxyl groups is 1. The van der Waals surface area contributed by atoms with Crippen molar-refractivity contribution in [3.8, 4) is 11.5 Å². The second-order valence-electron chi connectivity index (χ2n) is 5.13. The Hall–Kier alpha value is -1.31. The molecule has 0 aromatic heterocycles. The second kappa shape index (κ2) is 7.11. The molecule has 1 unspecified atom stereocenters. The summed E-state index contributed by atoms with van der Waals surface area (Å²) in [4.78, 5) is 0.156. The van der Waals surface area contributed by atoms with Crippen LogP contribution >= 0.6 is 0 Å². The fourth-order valence-electron chi connectivity index (χ4n) is 1.97. The molecule has 0 fully saturated rings. The third-order valence-corrected chi connectivity index (χ3v) is 4.69. The Balaban J connectivity index is 2.11. The number of hydrogen-bond acceptors (Lipinski definition) is 5. The lowest BCUT2D eigenvalue weighted by Gasteiger charge is -2.13. The molecule has 0 spiro atoms. The summed E-state index contributed by atoms with van der Waals surface area (Å²) in [5, 5.41) is 8.83. The van der Waals surface area contributed by atoms with E-state index >= 15 is 0 Å². The van der Waals surface area contributed by atoms with Crippen LogP contribution in [0.1, 0.15) is 19.8 Å². The van der Waals surface area contributed by atoms with Crippen LogP contribution in [-0.2, 0) is 10.0 Å². The molecule has 0 saturated carbocycles. The smallest absolute Gasteiger partial charge is 0.240 e. The molecule has 0 radical (unpaired) electrons. The Kier molecular flexibility index (Phi) is 5.44. The molecule has 1 aliphatic heterocycles. The van der Waals surface area contributed by atoms with Gasteiger partial charge in [0.15, 0.2) is 11.5 Å². The Labute approximate surface area is 125 Å². The minimum Gasteiger partial charge on any atom is -0.490 e. The summed E-state index contributed by atoms with van der Waals surface area (Å²) >= 11 is 0. The van der Waals surface area contributed by atoms with Crippen molar-refractivity contribution in [2.24, 2.45) is 5.92 Å². The zero-order valence-electron chi connectivity index (χ0n) is 12.0. The quantitative estimate of drug-likeness (QED) is 0.822. The normalized spacial score (nSPS) is 16.3. The number of fused-ring (bicyclic) bond motifs is 1. The molecule has 21 heavy (non-hydrogen) atoms. The van der Waals surface area contributed by atoms with Gasteiger partial charge in [0, 0.05) is 25.6 Å². The van der Waals surface area contributed by atoms with Crippen LogP contribution in [0.3, 0.4) is 0 Å². The molecule has 2 rings (SSSR count). The Morgan fingerprint density at radius 3 is 2.71 bits per heavy atom. The highest BCUT2D eigenvalue weighted by Gasteiger charge is 2.19. The molecule has 0 saturated heterocycles. The van der Waals surface area contributed by atoms with Crippen LogP contribution in [0.2, 0.25) is 0 Å². The van der Waals surface area contributed by atoms with Crippen molar-refractivity contribution < 1.29 is 23.0 Å². The number of sulfonamides is 1. The summed E-state index contributed by atoms with van der Waals surface area (Å²) in [6.45, 7) is 3.30. The Morgan fingerprint density at radius 1 is 1.29 bits per heavy atom. The molecule has 0 aliphatic carbocycles. The molecule has 0 bridgehead atoms. The molecule has 1 atom stereocenters. The summed E-state index contributed by atoms with van der Waals surface area (Å²) in [5.41, 5.74) is 0. The third-order valence-electron chi connectivity index (χ3n) is 3.27. The Bertz CT molecular complexity index is 573. The molecule has 0 amide bonds. The number of benzene rings is 1. The van der Waals surface area contributed by atoms with Gasteiger partial charge in [-0.25, -0.2) is 13.1 Å². The number of nitrogens with one attached hydrogen (secondary N) is 1. The first-order valence-corrected chi connectivity index (χ1v) is 8.51. The Morgan fingerprint density at radius 2 is 2.00 bits per heavy atom. The number of aliphatic hydroxyl groups excluding tert-OH is 1. The van der Waals surface area contributed by atoms with E-state index in [-0.39, 0.29) is 24.0 Å². The van der Waals surface area contributed by atoms with Gasteiger partial charge in [-0.05, 0) is 24.5 Å². The summed E-state index contributed by atoms with van der Waals surface area (Å²) in [7, 11) is -3.59. The highest BCUT2D eigenvalue weighted by Crippen LogP contribution is 2.31. The summed E-state index contributed by atoms with van der Waals surface area (Å²) < 4.78 is 38.0. The fourth-order valence-corrected chi connectivity index (χ4v) is 3.15. The van der Waals surface area contributed by atoms with Crippen molar-refractivity contribution in [2.75, 3.05) is 26.4 Å². The van der Waals surface area contributed by atoms with Crippen molar-refractivity contribution >= 4 is 10.0 Å². The van der Waals surface area contributed by atoms with Crippen LogP contribution in [-0.4, -0.2) is 39.9 Å². The maximum absolute atomic E-state index is 12.2. The topological polar surface area (TPSA) is 84.9 Å². The zero-order chi connectivity index (χ0) is 15.3. The summed E-state index contributed by atoms with van der Waals surface area (Å²) in [6, 6.07) is 4.61. The van der Waals surface area contributed by atoms with Crippen LogP contribution < -0.4 is 14.2 Å². The van der Waals surface area contributed by atoms with Crippen LogP contribution in [0.4, 0.5) is 0 Å². The largest absolute Gasteiger partial charge is 0.490 e. The molecule has 7 heteroatoms. The van der Waals surface area contributed by atoms with E-state index in [1.54, 1.807) is 6.07 Å². The molecule has 1 aromatic rings. The standard InChI is InChI=1S/C14H21NO5S/c1-11(5-6-16)10-15-21(17,18)12-3-4-13-14(9-12)20-8-2-7-19-13/h3-4,9,11,15-16H,2,5-8,10H2,1H3. The first-order chi connectivity index (χ1) is 10.0. The molecule has 6 nitrogen and oxygen atoms in total. The number of rotatable bonds is 6. The monoisotopic (exact) mass is 315 g/mol. The maximum Gasteiger partial charge on any atom is 0.240 e. The van der Waals surface area contributed by atoms with Crippen molar-refractivity contribution in [3.05, 3.63) is 18.2 Å². The average Bonchev–Trinajstić information content (AvgIpc) is 2.70. The lowest BCUT2D eigenvalue weighted by molar-refractivity contribution is 0.263. The van der Waals surface area contributed by atoms with E-state index in [4.69, 9.17) is 14.6 Å². The van der Waals surface area contributed by atoms with E-state index in [1.165, 1.54) is 12.1 Å². The minimum absolute atomic E-state index is 0.0485. The van der Waals surface area contributed by atoms with Gasteiger partial charge in [-0.2, -0.15) is 0 Å². The van der Waals surface area contributed by atoms with E-state index < -0.39 is 10.0 Å². The van der Waals surface area contributed by atoms with Gasteiger partial charge < -0.3 is 14.6 Å². The first kappa shape index (κ1) is 16.1. The van der Waals surface area contributed by atoms with Gasteiger partial charge in [-0.3, -0.25) is 0 Å². The molecule has 118 valence electrons. The number of ether oxygens (including phenoxy) is 2. The molecule has 1 aromatic carbocycles. The highest BCUT2D eigenvalue weighted by atomic mass is 32.2. The van der Waals surface area contributed by atoms with Gasteiger partial charge in [0.05, 0.1) is 18.1 Å². The van der Waals surface area contributed by atoms with Crippen LogP contribution in [0.25, 0.3) is 0 Å². The number of hydrogen-bond donors (Lipinski definition) is 2. The van der Waals surface area contributed by atoms with E-state index in [2.05, 4.69) is 4.72 Å². The zero-order valence-corrected chi connectivity index (χ0v) is 12.9. The van der Waals surface area contributed by atoms with Gasteiger partial charge in [0.2, 0.25) is 10.0 Å². The fraction of sp³-hybridized carbons (Fsp3) is 0.571. The van der Waals surface area contributed by atoms with Gasteiger partial charge in [-0.1, -0.05) is 6.92 Å². The van der Waals surface area contributed by atoms with Crippen LogP contribution in [0.15, 0.2) is 23.1 Å². The SMILES string of the molecule is CC(CCO)CNS(=O)(=O)c1ccc2c(c1)OCCCO2. The van der Waals surface area contributed by atoms with Crippen molar-refractivity contribution in [1.82, 2.24) is 4.72 Å². The molecule has 2 N–H and O–H groups in total. The minimum atomic E-state index is -3.59. The van der Waals surface area contributed by atoms with Crippen LogP contribution in [0.5, 0.6) is 11.5 Å². The van der Waals surface area contributed by atoms with E-state index in [9.17, 15) is 8.42 Å². The predicted octanol–water partition coefficient (Wildman–Crippen LogP) is 1.14. The van der Waals surface area contributed by atoms with E-state index in [0.29, 0.717) is 31.1 Å². The van der Waals surface area contributed by atoms with Gasteiger partial charge in [-0.15, -0.1) is 0 Å². The maximum atomic E-state index is 12.2. The summed E-state index contributed by atoms with van der Waals surface area (Å²) in [5.74, 6) is 1.10. The second-order valence-corrected chi connectivity index (χ2v) is 6.90. The molecular formula is C14H21NO5S. The van der Waals surface area contributed by atoms with Gasteiger partial charge >= 0.3 is 0 Å². The summed E-state index contributed by atoms with van der Waals surface area (Å²) in [6.07, 6.45) is 1.33. The van der Waals surface area contributed by atoms with Gasteiger partial charge in [0.25, 0.3) is 0 Å². The van der Waals surface area contributed by atoms with Crippen LogP contribution in [0, 0.1) is 5.92 Å². The van der Waals surface area contributed by atoms with E-state index in [0.717, 1.165) is 6.42 Å². The third kappa shape index (κ3) is 4.33. The average molecular weight is 315 g/mol. The lowest BCUT2D eigenvalue weighted by Crippen LogP contribution is -2.28. The van der Waals surface area contributed by atoms with Gasteiger partial charge in [0.1, 0.15) is 0 Å². The predicted molar refractivity (Wildman–Crippen MR) is 78.1 cm³/mol. The van der Waals surface area contributed by atoms with Crippen molar-refractivity contribution in [3.63, 3.8) is 0 Å². The van der Waals surface area contributed by atoms with E-state index in [1.807, 2.05) is 6.92 Å². The lowest BCUT2D eigenvalue weighted by atomic mass is 10.1.